The van der Waals surface area contributed by atoms with E-state index in [4.69, 9.17) is 23.2 Å². The molecule has 0 saturated heterocycles. The van der Waals surface area contributed by atoms with Gasteiger partial charge in [-0.25, -0.2) is 0 Å². The Balaban J connectivity index is 2.17. The van der Waals surface area contributed by atoms with E-state index in [-0.39, 0.29) is 0 Å². The van der Waals surface area contributed by atoms with Crippen LogP contribution in [0.4, 0.5) is 0 Å². The average molecular weight is 309 g/mol. The van der Waals surface area contributed by atoms with Crippen LogP contribution in [0.25, 0.3) is 0 Å². The van der Waals surface area contributed by atoms with Crippen LogP contribution in [0.15, 0.2) is 42.5 Å². The summed E-state index contributed by atoms with van der Waals surface area (Å²) >= 11 is 12.2. The molecule has 2 aromatic rings. The summed E-state index contributed by atoms with van der Waals surface area (Å²) in [4.78, 5) is 0. The van der Waals surface area contributed by atoms with Crippen LogP contribution in [-0.2, 0) is 6.42 Å². The normalized spacial score (nSPS) is 12.7. The van der Waals surface area contributed by atoms with Gasteiger partial charge in [0.2, 0.25) is 0 Å². The molecule has 2 aromatic carbocycles. The van der Waals surface area contributed by atoms with Crippen LogP contribution < -0.4 is 0 Å². The summed E-state index contributed by atoms with van der Waals surface area (Å²) in [5.74, 6) is 0.506. The number of aliphatic hydroxyl groups excluding tert-OH is 1. The van der Waals surface area contributed by atoms with E-state index in [0.29, 0.717) is 27.9 Å². The Kier molecular flexibility index (Phi) is 5.09. The molecule has 0 radical (unpaired) electrons. The van der Waals surface area contributed by atoms with Crippen LogP contribution in [0.1, 0.15) is 42.6 Å². The first kappa shape index (κ1) is 15.4. The fourth-order valence-corrected chi connectivity index (χ4v) is 2.84. The van der Waals surface area contributed by atoms with E-state index in [1.54, 1.807) is 18.2 Å². The van der Waals surface area contributed by atoms with Crippen molar-refractivity contribution in [2.45, 2.75) is 32.3 Å². The van der Waals surface area contributed by atoms with E-state index < -0.39 is 6.10 Å². The van der Waals surface area contributed by atoms with Crippen molar-refractivity contribution < 1.29 is 5.11 Å². The van der Waals surface area contributed by atoms with Crippen LogP contribution in [-0.4, -0.2) is 5.11 Å². The monoisotopic (exact) mass is 308 g/mol. The highest BCUT2D eigenvalue weighted by Crippen LogP contribution is 2.32. The zero-order valence-electron chi connectivity index (χ0n) is 11.6. The number of benzene rings is 2. The molecule has 1 atom stereocenters. The van der Waals surface area contributed by atoms with Gasteiger partial charge >= 0.3 is 0 Å². The van der Waals surface area contributed by atoms with Crippen molar-refractivity contribution in [3.63, 3.8) is 0 Å². The molecular formula is C17H18Cl2O. The summed E-state index contributed by atoms with van der Waals surface area (Å²) < 4.78 is 0. The second kappa shape index (κ2) is 6.62. The predicted octanol–water partition coefficient (Wildman–Crippen LogP) is 5.39. The Morgan fingerprint density at radius 3 is 2.00 bits per heavy atom. The van der Waals surface area contributed by atoms with Crippen molar-refractivity contribution >= 4 is 23.2 Å². The fourth-order valence-electron chi connectivity index (χ4n) is 2.19. The molecule has 0 aliphatic carbocycles. The summed E-state index contributed by atoms with van der Waals surface area (Å²) in [7, 11) is 0. The summed E-state index contributed by atoms with van der Waals surface area (Å²) in [5.41, 5.74) is 2.96. The molecule has 1 unspecified atom stereocenters. The van der Waals surface area contributed by atoms with Crippen molar-refractivity contribution in [1.82, 2.24) is 0 Å². The molecule has 0 saturated carbocycles. The molecule has 1 nitrogen and oxygen atoms in total. The molecule has 0 aliphatic rings. The number of rotatable bonds is 4. The SMILES string of the molecule is CC(C)c1ccc(CC(O)c2c(Cl)cccc2Cl)cc1. The zero-order valence-corrected chi connectivity index (χ0v) is 13.1. The van der Waals surface area contributed by atoms with E-state index in [2.05, 4.69) is 26.0 Å². The van der Waals surface area contributed by atoms with Crippen molar-refractivity contribution in [1.29, 1.82) is 0 Å². The van der Waals surface area contributed by atoms with E-state index in [9.17, 15) is 5.11 Å². The highest BCUT2D eigenvalue weighted by molar-refractivity contribution is 6.36. The molecule has 0 bridgehead atoms. The van der Waals surface area contributed by atoms with Gasteiger partial charge in [0.25, 0.3) is 0 Å². The Labute approximate surface area is 130 Å². The van der Waals surface area contributed by atoms with Crippen LogP contribution in [0, 0.1) is 0 Å². The second-order valence-electron chi connectivity index (χ2n) is 5.25. The first-order valence-electron chi connectivity index (χ1n) is 6.70. The largest absolute Gasteiger partial charge is 0.388 e. The number of halogens is 2. The van der Waals surface area contributed by atoms with Gasteiger partial charge in [-0.15, -0.1) is 0 Å². The second-order valence-corrected chi connectivity index (χ2v) is 6.07. The van der Waals surface area contributed by atoms with Crippen LogP contribution in [0.3, 0.4) is 0 Å². The minimum Gasteiger partial charge on any atom is -0.388 e. The highest BCUT2D eigenvalue weighted by Gasteiger charge is 2.16. The van der Waals surface area contributed by atoms with E-state index >= 15 is 0 Å². The molecule has 106 valence electrons. The highest BCUT2D eigenvalue weighted by atomic mass is 35.5. The summed E-state index contributed by atoms with van der Waals surface area (Å²) in [5, 5.41) is 11.4. The van der Waals surface area contributed by atoms with Crippen molar-refractivity contribution in [2.24, 2.45) is 0 Å². The Morgan fingerprint density at radius 2 is 1.50 bits per heavy atom. The van der Waals surface area contributed by atoms with E-state index in [0.717, 1.165) is 5.56 Å². The lowest BCUT2D eigenvalue weighted by Crippen LogP contribution is -2.03. The smallest absolute Gasteiger partial charge is 0.0859 e. The van der Waals surface area contributed by atoms with Crippen LogP contribution in [0.2, 0.25) is 10.0 Å². The minimum atomic E-state index is -0.693. The van der Waals surface area contributed by atoms with Crippen LogP contribution >= 0.6 is 23.2 Å². The van der Waals surface area contributed by atoms with Gasteiger partial charge in [-0.3, -0.25) is 0 Å². The molecular weight excluding hydrogens is 291 g/mol. The van der Waals surface area contributed by atoms with Gasteiger partial charge in [-0.2, -0.15) is 0 Å². The van der Waals surface area contributed by atoms with Gasteiger partial charge in [0.1, 0.15) is 0 Å². The van der Waals surface area contributed by atoms with E-state index in [1.165, 1.54) is 5.56 Å². The quantitative estimate of drug-likeness (QED) is 0.802. The average Bonchev–Trinajstić information content (AvgIpc) is 2.39. The van der Waals surface area contributed by atoms with Crippen molar-refractivity contribution in [3.8, 4) is 0 Å². The van der Waals surface area contributed by atoms with Gasteiger partial charge in [-0.05, 0) is 29.2 Å². The number of hydrogen-bond acceptors (Lipinski definition) is 1. The molecule has 0 fully saturated rings. The lowest BCUT2D eigenvalue weighted by molar-refractivity contribution is 0.178. The zero-order chi connectivity index (χ0) is 14.7. The lowest BCUT2D eigenvalue weighted by Gasteiger charge is -2.15. The molecule has 0 spiro atoms. The third kappa shape index (κ3) is 3.54. The van der Waals surface area contributed by atoms with Gasteiger partial charge in [0.05, 0.1) is 6.10 Å². The van der Waals surface area contributed by atoms with Crippen LogP contribution in [0.5, 0.6) is 0 Å². The predicted molar refractivity (Wildman–Crippen MR) is 85.7 cm³/mol. The fraction of sp³-hybridized carbons (Fsp3) is 0.294. The molecule has 2 rings (SSSR count). The lowest BCUT2D eigenvalue weighted by atomic mass is 9.97. The third-order valence-corrected chi connectivity index (χ3v) is 4.07. The van der Waals surface area contributed by atoms with Gasteiger partial charge in [-0.1, -0.05) is 67.4 Å². The standard InChI is InChI=1S/C17H18Cl2O/c1-11(2)13-8-6-12(7-9-13)10-16(20)17-14(18)4-3-5-15(17)19/h3-9,11,16,20H,10H2,1-2H3. The summed E-state index contributed by atoms with van der Waals surface area (Å²) in [6.45, 7) is 4.32. The Hall–Kier alpha value is -1.02. The Bertz CT molecular complexity index is 556. The van der Waals surface area contributed by atoms with Gasteiger partial charge in [0.15, 0.2) is 0 Å². The maximum absolute atomic E-state index is 10.3. The number of aliphatic hydroxyl groups is 1. The molecule has 0 amide bonds. The summed E-state index contributed by atoms with van der Waals surface area (Å²) in [6, 6.07) is 13.6. The van der Waals surface area contributed by atoms with Crippen molar-refractivity contribution in [3.05, 3.63) is 69.2 Å². The molecule has 3 heteroatoms. The molecule has 0 aromatic heterocycles. The molecule has 0 aliphatic heterocycles. The van der Waals surface area contributed by atoms with E-state index in [1.807, 2.05) is 12.1 Å². The summed E-state index contributed by atoms with van der Waals surface area (Å²) in [6.07, 6.45) is -0.192. The molecule has 20 heavy (non-hydrogen) atoms. The number of hydrogen-bond donors (Lipinski definition) is 1. The maximum Gasteiger partial charge on any atom is 0.0859 e. The first-order valence-corrected chi connectivity index (χ1v) is 7.45. The third-order valence-electron chi connectivity index (χ3n) is 3.41. The molecule has 0 heterocycles. The van der Waals surface area contributed by atoms with Gasteiger partial charge in [0, 0.05) is 22.0 Å². The first-order chi connectivity index (χ1) is 9.49. The van der Waals surface area contributed by atoms with Gasteiger partial charge < -0.3 is 5.11 Å². The Morgan fingerprint density at radius 1 is 0.950 bits per heavy atom. The van der Waals surface area contributed by atoms with Crippen molar-refractivity contribution in [2.75, 3.05) is 0 Å². The topological polar surface area (TPSA) is 20.2 Å². The minimum absolute atomic E-state index is 0.502. The molecule has 1 N–H and O–H groups in total. The maximum atomic E-state index is 10.3.